The van der Waals surface area contributed by atoms with Gasteiger partial charge in [-0.3, -0.25) is 9.59 Å². The van der Waals surface area contributed by atoms with Gasteiger partial charge in [-0.25, -0.2) is 0 Å². The van der Waals surface area contributed by atoms with Crippen molar-refractivity contribution in [1.29, 1.82) is 0 Å². The van der Waals surface area contributed by atoms with Gasteiger partial charge >= 0.3 is 5.97 Å². The van der Waals surface area contributed by atoms with Crippen molar-refractivity contribution in [3.8, 4) is 0 Å². The Labute approximate surface area is 135 Å². The molecule has 1 heterocycles. The van der Waals surface area contributed by atoms with Crippen LogP contribution in [0.1, 0.15) is 72.6 Å². The number of carbonyl (C=O) groups excluding carboxylic acids is 2. The molecule has 0 N–H and O–H groups in total. The van der Waals surface area contributed by atoms with Gasteiger partial charge in [0.25, 0.3) is 0 Å². The van der Waals surface area contributed by atoms with E-state index in [1.165, 1.54) is 0 Å². The van der Waals surface area contributed by atoms with E-state index in [0.29, 0.717) is 25.4 Å². The number of allylic oxidation sites excluding steroid dienone is 1. The highest BCUT2D eigenvalue weighted by Crippen LogP contribution is 2.30. The van der Waals surface area contributed by atoms with Crippen molar-refractivity contribution in [3.63, 3.8) is 0 Å². The van der Waals surface area contributed by atoms with Crippen molar-refractivity contribution in [3.05, 3.63) is 12.2 Å². The quantitative estimate of drug-likeness (QED) is 0.481. The standard InChI is InChI=1S/C19H32O3/c1-15-10-8-6-5-7-9-13-22-17(20)11-12-19(3,4)18(21)16(2)14-15/h5,7,15-16H,6,8-14H2,1-4H3/b7-5-. The predicted octanol–water partition coefficient (Wildman–Crippen LogP) is 4.70. The molecule has 0 bridgehead atoms. The Morgan fingerprint density at radius 1 is 1.14 bits per heavy atom. The van der Waals surface area contributed by atoms with E-state index < -0.39 is 5.41 Å². The molecule has 0 radical (unpaired) electrons. The van der Waals surface area contributed by atoms with Gasteiger partial charge in [0.05, 0.1) is 6.61 Å². The number of ketones is 1. The van der Waals surface area contributed by atoms with Crippen LogP contribution in [-0.2, 0) is 14.3 Å². The van der Waals surface area contributed by atoms with Crippen LogP contribution in [0.25, 0.3) is 0 Å². The summed E-state index contributed by atoms with van der Waals surface area (Å²) in [7, 11) is 0. The molecule has 0 aromatic heterocycles. The maximum atomic E-state index is 12.6. The predicted molar refractivity (Wildman–Crippen MR) is 89.5 cm³/mol. The summed E-state index contributed by atoms with van der Waals surface area (Å²) in [5.74, 6) is 0.715. The second-order valence-corrected chi connectivity index (χ2v) is 7.40. The van der Waals surface area contributed by atoms with Gasteiger partial charge in [-0.2, -0.15) is 0 Å². The third-order valence-corrected chi connectivity index (χ3v) is 4.61. The molecule has 2 unspecified atom stereocenters. The van der Waals surface area contributed by atoms with E-state index in [-0.39, 0.29) is 17.7 Å². The first kappa shape index (κ1) is 18.9. The number of Topliss-reactive ketones (excluding diaryl/α,β-unsaturated/α-hetero) is 1. The van der Waals surface area contributed by atoms with Crippen LogP contribution < -0.4 is 0 Å². The SMILES string of the molecule is CC1CCC/C=C\CCOC(=O)CCC(C)(C)C(=O)C(C)C1. The van der Waals surface area contributed by atoms with Crippen LogP contribution in [0.5, 0.6) is 0 Å². The lowest BCUT2D eigenvalue weighted by Gasteiger charge is -2.27. The topological polar surface area (TPSA) is 43.4 Å². The minimum atomic E-state index is -0.449. The van der Waals surface area contributed by atoms with Crippen LogP contribution in [0.3, 0.4) is 0 Å². The van der Waals surface area contributed by atoms with Gasteiger partial charge < -0.3 is 4.74 Å². The molecular weight excluding hydrogens is 276 g/mol. The summed E-state index contributed by atoms with van der Waals surface area (Å²) in [6.07, 6.45) is 10.3. The molecule has 0 amide bonds. The first-order chi connectivity index (χ1) is 10.3. The lowest BCUT2D eigenvalue weighted by molar-refractivity contribution is -0.144. The highest BCUT2D eigenvalue weighted by atomic mass is 16.5. The lowest BCUT2D eigenvalue weighted by Crippen LogP contribution is -2.31. The van der Waals surface area contributed by atoms with Crippen molar-refractivity contribution < 1.29 is 14.3 Å². The van der Waals surface area contributed by atoms with Gasteiger partial charge in [0, 0.05) is 17.8 Å². The fourth-order valence-corrected chi connectivity index (χ4v) is 3.17. The summed E-state index contributed by atoms with van der Waals surface area (Å²) in [6, 6.07) is 0. The normalized spacial score (nSPS) is 30.5. The second-order valence-electron chi connectivity index (χ2n) is 7.40. The monoisotopic (exact) mass is 308 g/mol. The Morgan fingerprint density at radius 2 is 1.82 bits per heavy atom. The number of esters is 1. The molecule has 0 fully saturated rings. The molecule has 1 aliphatic rings. The van der Waals surface area contributed by atoms with E-state index in [1.807, 2.05) is 20.8 Å². The van der Waals surface area contributed by atoms with Crippen LogP contribution in [0.15, 0.2) is 12.2 Å². The smallest absolute Gasteiger partial charge is 0.305 e. The molecule has 1 aliphatic heterocycles. The van der Waals surface area contributed by atoms with Crippen LogP contribution in [0.4, 0.5) is 0 Å². The fourth-order valence-electron chi connectivity index (χ4n) is 3.17. The zero-order valence-corrected chi connectivity index (χ0v) is 14.7. The number of ether oxygens (including phenoxy) is 1. The molecule has 0 aliphatic carbocycles. The molecule has 3 heteroatoms. The van der Waals surface area contributed by atoms with Gasteiger partial charge in [-0.1, -0.05) is 46.3 Å². The summed E-state index contributed by atoms with van der Waals surface area (Å²) in [5.41, 5.74) is -0.449. The second kappa shape index (κ2) is 9.12. The number of hydrogen-bond donors (Lipinski definition) is 0. The Hall–Kier alpha value is -1.12. The molecule has 0 saturated carbocycles. The average molecular weight is 308 g/mol. The van der Waals surface area contributed by atoms with E-state index in [9.17, 15) is 9.59 Å². The molecule has 2 atom stereocenters. The van der Waals surface area contributed by atoms with Crippen LogP contribution in [0.2, 0.25) is 0 Å². The minimum absolute atomic E-state index is 0.0597. The molecule has 0 aromatic rings. The molecule has 1 rings (SSSR count). The number of hydrogen-bond acceptors (Lipinski definition) is 3. The zero-order valence-electron chi connectivity index (χ0n) is 14.7. The van der Waals surface area contributed by atoms with Crippen molar-refractivity contribution in [2.45, 2.75) is 72.6 Å². The first-order valence-electron chi connectivity index (χ1n) is 8.68. The highest BCUT2D eigenvalue weighted by Gasteiger charge is 2.32. The molecular formula is C19H32O3. The van der Waals surface area contributed by atoms with Gasteiger partial charge in [0.1, 0.15) is 5.78 Å². The van der Waals surface area contributed by atoms with E-state index in [0.717, 1.165) is 32.1 Å². The van der Waals surface area contributed by atoms with Crippen molar-refractivity contribution in [2.75, 3.05) is 6.61 Å². The number of cyclic esters (lactones) is 1. The summed E-state index contributed by atoms with van der Waals surface area (Å²) >= 11 is 0. The van der Waals surface area contributed by atoms with Crippen LogP contribution in [-0.4, -0.2) is 18.4 Å². The van der Waals surface area contributed by atoms with Crippen molar-refractivity contribution in [2.24, 2.45) is 17.3 Å². The maximum absolute atomic E-state index is 12.6. The summed E-state index contributed by atoms with van der Waals surface area (Å²) in [4.78, 5) is 24.4. The first-order valence-corrected chi connectivity index (χ1v) is 8.68. The van der Waals surface area contributed by atoms with Crippen molar-refractivity contribution in [1.82, 2.24) is 0 Å². The molecule has 0 spiro atoms. The van der Waals surface area contributed by atoms with E-state index in [2.05, 4.69) is 19.1 Å². The lowest BCUT2D eigenvalue weighted by atomic mass is 9.75. The third kappa shape index (κ3) is 6.76. The van der Waals surface area contributed by atoms with Gasteiger partial charge in [0.15, 0.2) is 0 Å². The summed E-state index contributed by atoms with van der Waals surface area (Å²) < 4.78 is 5.21. The highest BCUT2D eigenvalue weighted by molar-refractivity contribution is 5.86. The van der Waals surface area contributed by atoms with Gasteiger partial charge in [0.2, 0.25) is 0 Å². The Balaban J connectivity index is 2.70. The number of carbonyl (C=O) groups is 2. The van der Waals surface area contributed by atoms with Gasteiger partial charge in [-0.15, -0.1) is 0 Å². The van der Waals surface area contributed by atoms with E-state index in [4.69, 9.17) is 4.74 Å². The molecule has 3 nitrogen and oxygen atoms in total. The molecule has 0 saturated heterocycles. The van der Waals surface area contributed by atoms with E-state index >= 15 is 0 Å². The number of rotatable bonds is 0. The Kier molecular flexibility index (Phi) is 7.84. The summed E-state index contributed by atoms with van der Waals surface area (Å²) in [6.45, 7) is 8.62. The molecule has 0 aromatic carbocycles. The Bertz CT molecular complexity index is 395. The zero-order chi connectivity index (χ0) is 16.6. The largest absolute Gasteiger partial charge is 0.465 e. The van der Waals surface area contributed by atoms with Gasteiger partial charge in [-0.05, 0) is 38.0 Å². The van der Waals surface area contributed by atoms with E-state index in [1.54, 1.807) is 0 Å². The molecule has 126 valence electrons. The minimum Gasteiger partial charge on any atom is -0.465 e. The Morgan fingerprint density at radius 3 is 2.55 bits per heavy atom. The maximum Gasteiger partial charge on any atom is 0.305 e. The third-order valence-electron chi connectivity index (χ3n) is 4.61. The van der Waals surface area contributed by atoms with Crippen molar-refractivity contribution >= 4 is 11.8 Å². The summed E-state index contributed by atoms with van der Waals surface area (Å²) in [5, 5.41) is 0. The van der Waals surface area contributed by atoms with Crippen LogP contribution in [0, 0.1) is 17.3 Å². The fraction of sp³-hybridized carbons (Fsp3) is 0.789. The average Bonchev–Trinajstić information content (AvgIpc) is 2.46. The molecule has 22 heavy (non-hydrogen) atoms. The van der Waals surface area contributed by atoms with Crippen LogP contribution >= 0.6 is 0 Å².